The molecule has 1 fully saturated rings. The smallest absolute Gasteiger partial charge is 0.249 e. The molecule has 0 aromatic carbocycles. The summed E-state index contributed by atoms with van der Waals surface area (Å²) in [7, 11) is 0. The van der Waals surface area contributed by atoms with Crippen molar-refractivity contribution in [2.24, 2.45) is 0 Å². The maximum Gasteiger partial charge on any atom is 0.249 e. The van der Waals surface area contributed by atoms with Gasteiger partial charge in [-0.1, -0.05) is 339 Å². The number of carbonyl (C=O) groups is 1. The minimum Gasteiger partial charge on any atom is -0.394 e. The fourth-order valence-electron chi connectivity index (χ4n) is 12.4. The van der Waals surface area contributed by atoms with Crippen molar-refractivity contribution in [1.29, 1.82) is 0 Å². The molecule has 514 valence electrons. The van der Waals surface area contributed by atoms with Gasteiger partial charge in [-0.15, -0.1) is 0 Å². The van der Waals surface area contributed by atoms with E-state index in [4.69, 9.17) is 9.47 Å². The molecule has 11 heteroatoms. The third-order valence-corrected chi connectivity index (χ3v) is 18.4. The molecule has 0 aromatic rings. The van der Waals surface area contributed by atoms with Crippen molar-refractivity contribution in [1.82, 2.24) is 5.32 Å². The molecule has 0 spiro atoms. The molecule has 0 saturated carbocycles. The van der Waals surface area contributed by atoms with Crippen LogP contribution in [0.4, 0.5) is 0 Å². The van der Waals surface area contributed by atoms with Crippen molar-refractivity contribution >= 4 is 5.91 Å². The number of hydrogen-bond donors (Lipinski definition) is 8. The van der Waals surface area contributed by atoms with Crippen LogP contribution < -0.4 is 5.32 Å². The SMILES string of the molecule is CCCCCCCCCCC/C=C\C/C=C\CCCCCCCCCCCCCCCCC(O)C(=O)NC(COC1OC(CO)C(O)C(O)C1O)C(O)C(O)CCC/C=C/CCCCCCCCCCCCCCCCCCCCCCCCCCC. The average molecular weight is 1230 g/mol. The summed E-state index contributed by atoms with van der Waals surface area (Å²) in [5.74, 6) is -0.701. The Morgan fingerprint density at radius 3 is 1.06 bits per heavy atom. The second kappa shape index (κ2) is 64.4. The largest absolute Gasteiger partial charge is 0.394 e. The van der Waals surface area contributed by atoms with Gasteiger partial charge in [0.2, 0.25) is 5.91 Å². The predicted molar refractivity (Wildman–Crippen MR) is 367 cm³/mol. The normalized spacial score (nSPS) is 18.8. The Balaban J connectivity index is 2.18. The summed E-state index contributed by atoms with van der Waals surface area (Å²) in [5.41, 5.74) is 0. The zero-order valence-electron chi connectivity index (χ0n) is 57.0. The zero-order chi connectivity index (χ0) is 63.1. The van der Waals surface area contributed by atoms with Crippen molar-refractivity contribution < 1.29 is 50.0 Å². The number of nitrogens with one attached hydrogen (secondary N) is 1. The molecule has 1 rings (SSSR count). The van der Waals surface area contributed by atoms with Crippen LogP contribution in [0, 0.1) is 0 Å². The summed E-state index contributed by atoms with van der Waals surface area (Å²) in [6, 6.07) is -1.19. The summed E-state index contributed by atoms with van der Waals surface area (Å²) < 4.78 is 11.2. The molecule has 0 aliphatic carbocycles. The Morgan fingerprint density at radius 2 is 0.713 bits per heavy atom. The quantitative estimate of drug-likeness (QED) is 0.0215. The lowest BCUT2D eigenvalue weighted by Gasteiger charge is -2.40. The molecule has 1 heterocycles. The second-order valence-electron chi connectivity index (χ2n) is 26.7. The van der Waals surface area contributed by atoms with Gasteiger partial charge in [-0.3, -0.25) is 4.79 Å². The van der Waals surface area contributed by atoms with Gasteiger partial charge < -0.3 is 50.5 Å². The first-order valence-electron chi connectivity index (χ1n) is 37.9. The van der Waals surface area contributed by atoms with E-state index < -0.39 is 74.2 Å². The van der Waals surface area contributed by atoms with Gasteiger partial charge in [-0.05, 0) is 70.6 Å². The van der Waals surface area contributed by atoms with Gasteiger partial charge in [0.25, 0.3) is 0 Å². The average Bonchev–Trinajstić information content (AvgIpc) is 1.97. The van der Waals surface area contributed by atoms with Gasteiger partial charge in [0.1, 0.15) is 36.6 Å². The van der Waals surface area contributed by atoms with Crippen LogP contribution in [-0.2, 0) is 14.3 Å². The highest BCUT2D eigenvalue weighted by atomic mass is 16.7. The monoisotopic (exact) mass is 1230 g/mol. The number of carbonyl (C=O) groups excluding carboxylic acids is 1. The maximum absolute atomic E-state index is 13.3. The van der Waals surface area contributed by atoms with E-state index in [2.05, 4.69) is 55.6 Å². The van der Waals surface area contributed by atoms with Crippen molar-refractivity contribution in [2.45, 2.75) is 428 Å². The molecule has 0 aromatic heterocycles. The van der Waals surface area contributed by atoms with Crippen LogP contribution >= 0.6 is 0 Å². The first-order chi connectivity index (χ1) is 42.7. The molecule has 9 atom stereocenters. The van der Waals surface area contributed by atoms with Crippen molar-refractivity contribution in [3.8, 4) is 0 Å². The maximum atomic E-state index is 13.3. The fraction of sp³-hybridized carbons (Fsp3) is 0.908. The Morgan fingerprint density at radius 1 is 0.402 bits per heavy atom. The van der Waals surface area contributed by atoms with Gasteiger partial charge in [0, 0.05) is 0 Å². The number of aliphatic hydroxyl groups is 7. The van der Waals surface area contributed by atoms with E-state index in [9.17, 15) is 40.5 Å². The lowest BCUT2D eigenvalue weighted by molar-refractivity contribution is -0.303. The van der Waals surface area contributed by atoms with Crippen molar-refractivity contribution in [3.05, 3.63) is 36.5 Å². The molecule has 1 saturated heterocycles. The molecular weight excluding hydrogens is 1090 g/mol. The first-order valence-corrected chi connectivity index (χ1v) is 37.9. The summed E-state index contributed by atoms with van der Waals surface area (Å²) in [6.07, 6.45) is 72.5. The van der Waals surface area contributed by atoms with Crippen LogP contribution in [0.5, 0.6) is 0 Å². The summed E-state index contributed by atoms with van der Waals surface area (Å²) in [5, 5.41) is 76.6. The number of unbranched alkanes of at least 4 members (excludes halogenated alkanes) is 49. The molecule has 8 N–H and O–H groups in total. The van der Waals surface area contributed by atoms with E-state index in [0.29, 0.717) is 12.8 Å². The van der Waals surface area contributed by atoms with E-state index in [-0.39, 0.29) is 12.8 Å². The molecule has 0 bridgehead atoms. The topological polar surface area (TPSA) is 189 Å². The predicted octanol–water partition coefficient (Wildman–Crippen LogP) is 18.9. The van der Waals surface area contributed by atoms with Crippen molar-refractivity contribution in [2.75, 3.05) is 13.2 Å². The van der Waals surface area contributed by atoms with Crippen molar-refractivity contribution in [3.63, 3.8) is 0 Å². The highest BCUT2D eigenvalue weighted by Crippen LogP contribution is 2.24. The molecule has 1 aliphatic rings. The van der Waals surface area contributed by atoms with Crippen LogP contribution in [0.3, 0.4) is 0 Å². The molecule has 0 radical (unpaired) electrons. The Hall–Kier alpha value is -1.67. The third-order valence-electron chi connectivity index (χ3n) is 18.4. The Labute approximate surface area is 537 Å². The van der Waals surface area contributed by atoms with E-state index in [1.807, 2.05) is 0 Å². The summed E-state index contributed by atoms with van der Waals surface area (Å²) in [4.78, 5) is 13.3. The fourth-order valence-corrected chi connectivity index (χ4v) is 12.4. The highest BCUT2D eigenvalue weighted by molar-refractivity contribution is 5.80. The van der Waals surface area contributed by atoms with E-state index in [0.717, 1.165) is 44.9 Å². The molecule has 87 heavy (non-hydrogen) atoms. The molecule has 1 aliphatic heterocycles. The minimum absolute atomic E-state index is 0.255. The number of aliphatic hydroxyl groups excluding tert-OH is 7. The standard InChI is InChI=1S/C76H145NO10/c1-3-5-7-9-11-13-15-17-19-21-23-25-27-29-31-33-35-37-39-41-43-45-47-49-51-53-55-57-59-61-63-68(79)71(81)67(66-86-76-74(84)73(83)72(82)70(65-78)87-76)77-75(85)69(80)64-62-60-58-56-54-52-50-48-46-44-42-40-38-36-34-32-30-28-26-24-22-20-18-16-14-12-10-8-6-4-2/h24,26,30,32,55,57,67-74,76,78-84H,3-23,25,27-29,31,33-54,56,58-66H2,1-2H3,(H,77,85)/b26-24-,32-30-,57-55+. The number of hydrogen-bond acceptors (Lipinski definition) is 10. The van der Waals surface area contributed by atoms with Gasteiger partial charge in [-0.2, -0.15) is 0 Å². The summed E-state index contributed by atoms with van der Waals surface area (Å²) in [6.45, 7) is 3.50. The minimum atomic E-state index is -1.67. The summed E-state index contributed by atoms with van der Waals surface area (Å²) >= 11 is 0. The zero-order valence-corrected chi connectivity index (χ0v) is 57.0. The molecule has 11 nitrogen and oxygen atoms in total. The number of ether oxygens (including phenoxy) is 2. The van der Waals surface area contributed by atoms with Gasteiger partial charge in [0.15, 0.2) is 6.29 Å². The van der Waals surface area contributed by atoms with Crippen LogP contribution in [0.25, 0.3) is 0 Å². The van der Waals surface area contributed by atoms with Gasteiger partial charge >= 0.3 is 0 Å². The van der Waals surface area contributed by atoms with Crippen LogP contribution in [0.15, 0.2) is 36.5 Å². The second-order valence-corrected chi connectivity index (χ2v) is 26.7. The first kappa shape index (κ1) is 83.3. The van der Waals surface area contributed by atoms with Crippen LogP contribution in [0.2, 0.25) is 0 Å². The Bertz CT molecular complexity index is 1510. The highest BCUT2D eigenvalue weighted by Gasteiger charge is 2.44. The van der Waals surface area contributed by atoms with Gasteiger partial charge in [0.05, 0.1) is 25.4 Å². The lowest BCUT2D eigenvalue weighted by atomic mass is 9.98. The molecular formula is C76H145NO10. The molecule has 1 amide bonds. The number of rotatable bonds is 67. The number of amides is 1. The lowest BCUT2D eigenvalue weighted by Crippen LogP contribution is -2.60. The van der Waals surface area contributed by atoms with Crippen LogP contribution in [0.1, 0.15) is 373 Å². The Kier molecular flexibility index (Phi) is 61.7. The van der Waals surface area contributed by atoms with Crippen LogP contribution in [-0.4, -0.2) is 110 Å². The number of allylic oxidation sites excluding steroid dienone is 6. The molecule has 9 unspecified atom stereocenters. The van der Waals surface area contributed by atoms with Gasteiger partial charge in [-0.25, -0.2) is 0 Å². The van der Waals surface area contributed by atoms with E-state index in [1.54, 1.807) is 0 Å². The van der Waals surface area contributed by atoms with E-state index in [1.165, 1.54) is 289 Å². The third kappa shape index (κ3) is 51.5. The van der Waals surface area contributed by atoms with E-state index >= 15 is 0 Å².